The van der Waals surface area contributed by atoms with Crippen molar-refractivity contribution in [2.75, 3.05) is 5.32 Å². The fourth-order valence-electron chi connectivity index (χ4n) is 3.95. The van der Waals surface area contributed by atoms with Crippen LogP contribution in [-0.2, 0) is 4.79 Å². The van der Waals surface area contributed by atoms with Crippen molar-refractivity contribution in [1.82, 2.24) is 9.97 Å². The zero-order chi connectivity index (χ0) is 23.7. The number of nitro groups is 1. The van der Waals surface area contributed by atoms with E-state index < -0.39 is 10.8 Å². The van der Waals surface area contributed by atoms with Crippen molar-refractivity contribution in [2.24, 2.45) is 4.99 Å². The number of hydrogen-bond acceptors (Lipinski definition) is 6. The Kier molecular flexibility index (Phi) is 5.16. The summed E-state index contributed by atoms with van der Waals surface area (Å²) in [6.45, 7) is 0. The van der Waals surface area contributed by atoms with Crippen LogP contribution in [0.4, 0.5) is 17.1 Å². The molecule has 1 aliphatic rings. The Morgan fingerprint density at radius 2 is 1.94 bits per heavy atom. The maximum atomic E-state index is 13.0. The maximum absolute atomic E-state index is 13.0. The zero-order valence-electron chi connectivity index (χ0n) is 17.6. The fourth-order valence-corrected chi connectivity index (χ4v) is 3.95. The van der Waals surface area contributed by atoms with Gasteiger partial charge in [0.15, 0.2) is 0 Å². The standard InChI is InChI=1S/C25H16N6O3/c26-12-15-2-1-3-17(10-15)24(29-18-6-4-16(5-7-18)22-13-27-14-28-22)23-20-11-19(31(33)34)8-9-21(20)30-25(23)32/h1-11,13-14,23H,(H,27,28)(H,30,32). The first-order chi connectivity index (χ1) is 16.5. The first-order valence-corrected chi connectivity index (χ1v) is 10.3. The normalized spacial score (nSPS) is 14.9. The third-order valence-electron chi connectivity index (χ3n) is 5.56. The van der Waals surface area contributed by atoms with Crippen LogP contribution in [0.1, 0.15) is 22.6 Å². The number of aliphatic imine (C=N–C) groups is 1. The summed E-state index contributed by atoms with van der Waals surface area (Å²) in [5, 5.41) is 23.5. The molecule has 2 heterocycles. The molecule has 1 amide bonds. The number of rotatable bonds is 5. The lowest BCUT2D eigenvalue weighted by molar-refractivity contribution is -0.384. The molecule has 9 heteroatoms. The summed E-state index contributed by atoms with van der Waals surface area (Å²) in [5.74, 6) is -1.22. The number of carbonyl (C=O) groups is 1. The first-order valence-electron chi connectivity index (χ1n) is 10.3. The van der Waals surface area contributed by atoms with Crippen molar-refractivity contribution in [3.63, 3.8) is 0 Å². The Bertz CT molecular complexity index is 1480. The molecule has 0 radical (unpaired) electrons. The highest BCUT2D eigenvalue weighted by Gasteiger charge is 2.36. The van der Waals surface area contributed by atoms with Gasteiger partial charge in [0.2, 0.25) is 5.91 Å². The minimum Gasteiger partial charge on any atom is -0.345 e. The third-order valence-corrected chi connectivity index (χ3v) is 5.56. The number of anilines is 1. The minimum atomic E-state index is -0.879. The van der Waals surface area contributed by atoms with E-state index in [2.05, 4.69) is 21.4 Å². The molecular formula is C25H16N6O3. The number of carbonyl (C=O) groups excluding carboxylic acids is 1. The second-order valence-electron chi connectivity index (χ2n) is 7.65. The molecule has 3 aromatic carbocycles. The topological polar surface area (TPSA) is 137 Å². The molecule has 0 spiro atoms. The molecule has 1 unspecified atom stereocenters. The minimum absolute atomic E-state index is 0.116. The van der Waals surface area contributed by atoms with Gasteiger partial charge in [-0.3, -0.25) is 19.9 Å². The van der Waals surface area contributed by atoms with E-state index in [1.165, 1.54) is 18.2 Å². The molecule has 34 heavy (non-hydrogen) atoms. The molecule has 0 fully saturated rings. The largest absolute Gasteiger partial charge is 0.345 e. The molecule has 0 bridgehead atoms. The Morgan fingerprint density at radius 3 is 2.65 bits per heavy atom. The summed E-state index contributed by atoms with van der Waals surface area (Å²) in [6, 6.07) is 20.5. The maximum Gasteiger partial charge on any atom is 0.269 e. The van der Waals surface area contributed by atoms with E-state index in [0.29, 0.717) is 33.8 Å². The number of nitro benzene ring substituents is 1. The molecule has 0 aliphatic carbocycles. The molecule has 5 rings (SSSR count). The molecule has 1 aromatic heterocycles. The van der Waals surface area contributed by atoms with E-state index in [0.717, 1.165) is 11.3 Å². The second kappa shape index (κ2) is 8.44. The number of nitrogens with one attached hydrogen (secondary N) is 2. The van der Waals surface area contributed by atoms with E-state index in [4.69, 9.17) is 4.99 Å². The quantitative estimate of drug-likeness (QED) is 0.259. The van der Waals surface area contributed by atoms with E-state index in [1.54, 1.807) is 36.8 Å². The molecule has 1 aliphatic heterocycles. The summed E-state index contributed by atoms with van der Waals surface area (Å²) in [5.41, 5.74) is 4.60. The van der Waals surface area contributed by atoms with Gasteiger partial charge in [0, 0.05) is 23.4 Å². The van der Waals surface area contributed by atoms with E-state index >= 15 is 0 Å². The SMILES string of the molecule is N#Cc1cccc(C(=Nc2ccc(-c3cnc[nH]3)cc2)C2C(=O)Nc3ccc([N+](=O)[O-])cc32)c1. The van der Waals surface area contributed by atoms with Gasteiger partial charge in [0.1, 0.15) is 5.92 Å². The molecule has 4 aromatic rings. The first kappa shape index (κ1) is 20.8. The average Bonchev–Trinajstić information content (AvgIpc) is 3.50. The van der Waals surface area contributed by atoms with Crippen LogP contribution in [0.5, 0.6) is 0 Å². The molecule has 1 atom stereocenters. The number of fused-ring (bicyclic) bond motifs is 1. The van der Waals surface area contributed by atoms with Gasteiger partial charge < -0.3 is 10.3 Å². The summed E-state index contributed by atoms with van der Waals surface area (Å²) >= 11 is 0. The molecule has 0 saturated carbocycles. The highest BCUT2D eigenvalue weighted by atomic mass is 16.6. The number of H-pyrrole nitrogens is 1. The van der Waals surface area contributed by atoms with Crippen molar-refractivity contribution in [3.05, 3.63) is 106 Å². The predicted molar refractivity (Wildman–Crippen MR) is 126 cm³/mol. The van der Waals surface area contributed by atoms with Gasteiger partial charge in [-0.1, -0.05) is 24.3 Å². The van der Waals surface area contributed by atoms with Crippen molar-refractivity contribution < 1.29 is 9.72 Å². The number of non-ortho nitro benzene ring substituents is 1. The predicted octanol–water partition coefficient (Wildman–Crippen LogP) is 4.71. The number of amides is 1. The molecular weight excluding hydrogens is 432 g/mol. The monoisotopic (exact) mass is 448 g/mol. The van der Waals surface area contributed by atoms with Crippen LogP contribution in [-0.4, -0.2) is 26.5 Å². The van der Waals surface area contributed by atoms with Crippen LogP contribution in [0.25, 0.3) is 11.3 Å². The number of hydrogen-bond donors (Lipinski definition) is 2. The van der Waals surface area contributed by atoms with Crippen LogP contribution < -0.4 is 5.32 Å². The van der Waals surface area contributed by atoms with Crippen molar-refractivity contribution >= 4 is 28.7 Å². The van der Waals surface area contributed by atoms with E-state index in [1.807, 2.05) is 24.3 Å². The van der Waals surface area contributed by atoms with E-state index in [9.17, 15) is 20.2 Å². The number of aromatic nitrogens is 2. The summed E-state index contributed by atoms with van der Waals surface area (Å²) in [4.78, 5) is 35.8. The molecule has 9 nitrogen and oxygen atoms in total. The van der Waals surface area contributed by atoms with Crippen LogP contribution in [0.15, 0.2) is 84.2 Å². The molecule has 0 saturated heterocycles. The van der Waals surface area contributed by atoms with Crippen LogP contribution >= 0.6 is 0 Å². The summed E-state index contributed by atoms with van der Waals surface area (Å²) in [6.07, 6.45) is 3.31. The van der Waals surface area contributed by atoms with Gasteiger partial charge >= 0.3 is 0 Å². The average molecular weight is 448 g/mol. The Morgan fingerprint density at radius 1 is 1.12 bits per heavy atom. The number of aromatic amines is 1. The van der Waals surface area contributed by atoms with E-state index in [-0.39, 0.29) is 11.6 Å². The van der Waals surface area contributed by atoms with Crippen molar-refractivity contribution in [1.29, 1.82) is 5.26 Å². The number of benzene rings is 3. The van der Waals surface area contributed by atoms with Gasteiger partial charge in [0.05, 0.1) is 46.2 Å². The lowest BCUT2D eigenvalue weighted by Gasteiger charge is -2.14. The Hall–Kier alpha value is -5.10. The number of imidazole rings is 1. The number of nitrogens with zero attached hydrogens (tertiary/aromatic N) is 4. The van der Waals surface area contributed by atoms with Gasteiger partial charge in [-0.25, -0.2) is 4.98 Å². The molecule has 164 valence electrons. The summed E-state index contributed by atoms with van der Waals surface area (Å²) in [7, 11) is 0. The lowest BCUT2D eigenvalue weighted by atomic mass is 9.89. The van der Waals surface area contributed by atoms with Gasteiger partial charge in [-0.2, -0.15) is 5.26 Å². The zero-order valence-corrected chi connectivity index (χ0v) is 17.6. The third kappa shape index (κ3) is 3.80. The Balaban J connectivity index is 1.64. The van der Waals surface area contributed by atoms with Crippen LogP contribution in [0.2, 0.25) is 0 Å². The summed E-state index contributed by atoms with van der Waals surface area (Å²) < 4.78 is 0. The molecule has 2 N–H and O–H groups in total. The van der Waals surface area contributed by atoms with Crippen LogP contribution in [0, 0.1) is 21.4 Å². The van der Waals surface area contributed by atoms with Crippen molar-refractivity contribution in [2.45, 2.75) is 5.92 Å². The van der Waals surface area contributed by atoms with Gasteiger partial charge in [0.25, 0.3) is 5.69 Å². The van der Waals surface area contributed by atoms with Crippen LogP contribution in [0.3, 0.4) is 0 Å². The van der Waals surface area contributed by atoms with Crippen molar-refractivity contribution in [3.8, 4) is 17.3 Å². The Labute approximate surface area is 193 Å². The smallest absolute Gasteiger partial charge is 0.269 e. The van der Waals surface area contributed by atoms with Gasteiger partial charge in [-0.05, 0) is 41.5 Å². The fraction of sp³-hybridized carbons (Fsp3) is 0.0400. The second-order valence-corrected chi connectivity index (χ2v) is 7.65. The van der Waals surface area contributed by atoms with Gasteiger partial charge in [-0.15, -0.1) is 0 Å². The highest BCUT2D eigenvalue weighted by Crippen LogP contribution is 2.38. The lowest BCUT2D eigenvalue weighted by Crippen LogP contribution is -2.22. The number of nitriles is 1. The highest BCUT2D eigenvalue weighted by molar-refractivity contribution is 6.24.